The second kappa shape index (κ2) is 28.8. The van der Waals surface area contributed by atoms with E-state index in [-0.39, 0.29) is 26.2 Å². The van der Waals surface area contributed by atoms with Crippen LogP contribution in [0.2, 0.25) is 0 Å². The molecule has 5 rings (SSSR count). The number of hydrogen-bond donors (Lipinski definition) is 0. The molecule has 2 aromatic rings. The molecule has 0 radical (unpaired) electrons. The quantitative estimate of drug-likeness (QED) is 0.225. The van der Waals surface area contributed by atoms with E-state index >= 15 is 0 Å². The predicted octanol–water partition coefficient (Wildman–Crippen LogP) is 7.36. The summed E-state index contributed by atoms with van der Waals surface area (Å²) < 4.78 is 0. The molecule has 9 heteroatoms. The van der Waals surface area contributed by atoms with Gasteiger partial charge in [0.25, 0.3) is 0 Å². The fourth-order valence-corrected chi connectivity index (χ4v) is 6.96. The van der Waals surface area contributed by atoms with E-state index in [0.29, 0.717) is 12.1 Å². The van der Waals surface area contributed by atoms with Crippen molar-refractivity contribution in [1.82, 2.24) is 14.7 Å². The van der Waals surface area contributed by atoms with Crippen LogP contribution < -0.4 is 10.2 Å². The zero-order valence-corrected chi connectivity index (χ0v) is 35.6. The van der Waals surface area contributed by atoms with E-state index in [1.54, 1.807) is 27.7 Å². The third-order valence-electron chi connectivity index (χ3n) is 9.48. The molecule has 2 aromatic carbocycles. The first-order chi connectivity index (χ1) is 24.8. The van der Waals surface area contributed by atoms with Gasteiger partial charge in [0.15, 0.2) is 0 Å². The van der Waals surface area contributed by atoms with Crippen molar-refractivity contribution in [2.45, 2.75) is 142 Å². The van der Waals surface area contributed by atoms with Gasteiger partial charge in [-0.2, -0.15) is 0 Å². The largest absolute Gasteiger partial charge is 4.00 e. The second-order valence-electron chi connectivity index (χ2n) is 15.1. The zero-order valence-electron chi connectivity index (χ0n) is 33.1. The SMILES string of the molecule is CC(C)[O-].CC(C)[O-].[Zr+4].c1ccc(CN2CCCN(C(=NC3CCCCC3)[N-]C3CCCCC3)CCN(Cc3ccccc3)CCC[N-]CC2)cc1. The minimum absolute atomic E-state index is 0. The van der Waals surface area contributed by atoms with Gasteiger partial charge < -0.3 is 35.6 Å². The maximum atomic E-state index is 9.53. The monoisotopic (exact) mass is 792 g/mol. The van der Waals surface area contributed by atoms with Gasteiger partial charge in [0.2, 0.25) is 0 Å². The number of benzene rings is 2. The molecule has 1 aliphatic heterocycles. The summed E-state index contributed by atoms with van der Waals surface area (Å²) in [5.41, 5.74) is 2.79. The van der Waals surface area contributed by atoms with E-state index in [1.807, 2.05) is 0 Å². The normalized spacial score (nSPS) is 19.8. The summed E-state index contributed by atoms with van der Waals surface area (Å²) in [6.45, 7) is 16.5. The van der Waals surface area contributed by atoms with Crippen LogP contribution in [0.3, 0.4) is 0 Å². The van der Waals surface area contributed by atoms with Crippen LogP contribution in [0.25, 0.3) is 10.6 Å². The van der Waals surface area contributed by atoms with Gasteiger partial charge in [-0.05, 0) is 88.0 Å². The van der Waals surface area contributed by atoms with Crippen LogP contribution in [0.15, 0.2) is 65.7 Å². The van der Waals surface area contributed by atoms with Crippen LogP contribution in [-0.4, -0.2) is 97.3 Å². The van der Waals surface area contributed by atoms with Gasteiger partial charge in [-0.15, -0.1) is 25.3 Å². The zero-order chi connectivity index (χ0) is 36.5. The summed E-state index contributed by atoms with van der Waals surface area (Å²) in [7, 11) is 0. The van der Waals surface area contributed by atoms with Gasteiger partial charge in [0.1, 0.15) is 0 Å². The average molecular weight is 794 g/mol. The van der Waals surface area contributed by atoms with E-state index in [1.165, 1.54) is 75.3 Å². The third-order valence-corrected chi connectivity index (χ3v) is 9.48. The topological polar surface area (TPSA) is 96.4 Å². The molecule has 0 spiro atoms. The fourth-order valence-electron chi connectivity index (χ4n) is 6.96. The maximum Gasteiger partial charge on any atom is 4.00 e. The van der Waals surface area contributed by atoms with Gasteiger partial charge in [0.05, 0.1) is 0 Å². The molecule has 0 N–H and O–H groups in total. The Hall–Kier alpha value is -1.61. The number of nitrogens with zero attached hydrogens (tertiary/aromatic N) is 6. The van der Waals surface area contributed by atoms with Crippen molar-refractivity contribution in [2.75, 3.05) is 52.4 Å². The van der Waals surface area contributed by atoms with Crippen LogP contribution in [0, 0.1) is 0 Å². The van der Waals surface area contributed by atoms with Gasteiger partial charge in [-0.3, -0.25) is 4.90 Å². The van der Waals surface area contributed by atoms with Gasteiger partial charge in [-0.25, -0.2) is 0 Å². The maximum absolute atomic E-state index is 9.53. The Morgan fingerprint density at radius 2 is 1.13 bits per heavy atom. The minimum atomic E-state index is -0.417. The molecule has 1 heterocycles. The molecule has 288 valence electrons. The first-order valence-electron chi connectivity index (χ1n) is 20.3. The van der Waals surface area contributed by atoms with Crippen LogP contribution in [-0.2, 0) is 39.3 Å². The summed E-state index contributed by atoms with van der Waals surface area (Å²) in [6, 6.07) is 22.8. The molecule has 3 aliphatic rings. The van der Waals surface area contributed by atoms with Crippen molar-refractivity contribution in [3.8, 4) is 0 Å². The van der Waals surface area contributed by atoms with Crippen molar-refractivity contribution in [3.63, 3.8) is 0 Å². The van der Waals surface area contributed by atoms with E-state index < -0.39 is 12.2 Å². The van der Waals surface area contributed by atoms with Crippen molar-refractivity contribution in [1.29, 1.82) is 0 Å². The van der Waals surface area contributed by atoms with Gasteiger partial charge in [0, 0.05) is 25.6 Å². The Morgan fingerprint density at radius 3 is 1.69 bits per heavy atom. The molecular formula is C43H70N6O2Zr. The fraction of sp³-hybridized carbons (Fsp3) is 0.698. The van der Waals surface area contributed by atoms with Gasteiger partial charge >= 0.3 is 26.2 Å². The second-order valence-corrected chi connectivity index (χ2v) is 15.1. The van der Waals surface area contributed by atoms with Gasteiger partial charge in [-0.1, -0.05) is 133 Å². The number of hydrogen-bond acceptors (Lipinski definition) is 5. The molecule has 2 aliphatic carbocycles. The standard InChI is InChI=1S/C37H56N6.2C3H7O.Zr/c1-5-15-33(16-6-1)31-41-26-14-27-43(37(39-35-19-9-3-10-20-35)40-36-21-11-4-12-22-36)30-29-42(25-13-23-38-24-28-41)32-34-17-7-2-8-18-34;2*1-3(2)4;/h1-2,5-8,15-18,35-36H,3-4,9-14,19-32H2;2*3H,1-2H3;/q-2;2*-1;+4. The summed E-state index contributed by atoms with van der Waals surface area (Å²) in [5.74, 6) is 1.08. The molecule has 3 fully saturated rings. The first kappa shape index (κ1) is 46.5. The number of rotatable bonds is 6. The van der Waals surface area contributed by atoms with Crippen LogP contribution in [0.1, 0.15) is 116 Å². The molecule has 0 aromatic heterocycles. The van der Waals surface area contributed by atoms with Crippen molar-refractivity contribution in [2.24, 2.45) is 4.99 Å². The molecular weight excluding hydrogens is 724 g/mol. The molecule has 0 bridgehead atoms. The molecule has 2 saturated carbocycles. The average Bonchev–Trinajstić information content (AvgIpc) is 3.11. The van der Waals surface area contributed by atoms with E-state index in [9.17, 15) is 10.2 Å². The predicted molar refractivity (Wildman–Crippen MR) is 212 cm³/mol. The Kier molecular flexibility index (Phi) is 25.8. The summed E-state index contributed by atoms with van der Waals surface area (Å²) in [4.78, 5) is 13.3. The molecule has 1 saturated heterocycles. The summed E-state index contributed by atoms with van der Waals surface area (Å²) in [6.07, 6.45) is 14.3. The van der Waals surface area contributed by atoms with Crippen LogP contribution in [0.4, 0.5) is 0 Å². The number of aliphatic imine (C=N–C) groups is 1. The van der Waals surface area contributed by atoms with Crippen molar-refractivity contribution < 1.29 is 36.4 Å². The van der Waals surface area contributed by atoms with Crippen molar-refractivity contribution >= 4 is 5.96 Å². The molecule has 8 nitrogen and oxygen atoms in total. The van der Waals surface area contributed by atoms with E-state index in [4.69, 9.17) is 15.6 Å². The molecule has 0 unspecified atom stereocenters. The van der Waals surface area contributed by atoms with E-state index in [2.05, 4.69) is 75.4 Å². The summed E-state index contributed by atoms with van der Waals surface area (Å²) >= 11 is 0. The minimum Gasteiger partial charge on any atom is -0.852 e. The molecule has 0 amide bonds. The Bertz CT molecular complexity index is 1130. The Morgan fingerprint density at radius 1 is 0.635 bits per heavy atom. The van der Waals surface area contributed by atoms with Crippen LogP contribution >= 0.6 is 0 Å². The number of guanidine groups is 1. The third kappa shape index (κ3) is 21.9. The first-order valence-corrected chi connectivity index (χ1v) is 20.3. The van der Waals surface area contributed by atoms with Crippen molar-refractivity contribution in [3.05, 3.63) is 82.4 Å². The Balaban J connectivity index is 0.000000945. The molecule has 52 heavy (non-hydrogen) atoms. The Labute approximate surface area is 337 Å². The van der Waals surface area contributed by atoms with E-state index in [0.717, 1.165) is 84.2 Å². The smallest absolute Gasteiger partial charge is 0.852 e. The van der Waals surface area contributed by atoms with Crippen LogP contribution in [0.5, 0.6) is 0 Å². The summed E-state index contributed by atoms with van der Waals surface area (Å²) in [5, 5.41) is 29.5. The molecule has 0 atom stereocenters.